The van der Waals surface area contributed by atoms with Crippen LogP contribution in [0.4, 0.5) is 0 Å². The predicted molar refractivity (Wildman–Crippen MR) is 43.3 cm³/mol. The molecule has 0 amide bonds. The van der Waals surface area contributed by atoms with Gasteiger partial charge in [-0.3, -0.25) is 0 Å². The first-order valence-electron chi connectivity index (χ1n) is 2.81. The van der Waals surface area contributed by atoms with Crippen molar-refractivity contribution in [2.75, 3.05) is 0 Å². The molecule has 0 rings (SSSR count). The Morgan fingerprint density at radius 1 is 1.22 bits per heavy atom. The minimum Gasteiger partial charge on any atom is -0.0985 e. The Balaban J connectivity index is 3.85. The van der Waals surface area contributed by atoms with Crippen molar-refractivity contribution >= 4 is 0 Å². The summed E-state index contributed by atoms with van der Waals surface area (Å²) in [6, 6.07) is 0. The predicted octanol–water partition coefficient (Wildman–Crippen LogP) is 2.86. The van der Waals surface area contributed by atoms with Crippen LogP contribution >= 0.6 is 0 Å². The molecule has 9 heavy (non-hydrogen) atoms. The molecule has 0 spiro atoms. The molecule has 0 heteroatoms. The van der Waals surface area contributed by atoms with Crippen LogP contribution in [-0.2, 0) is 0 Å². The van der Waals surface area contributed by atoms with E-state index in [-0.39, 0.29) is 0 Å². The summed E-state index contributed by atoms with van der Waals surface area (Å²) in [6.45, 7) is 12.9. The topological polar surface area (TPSA) is 0 Å². The molecule has 0 aliphatic carbocycles. The molecule has 0 saturated carbocycles. The van der Waals surface area contributed by atoms with Gasteiger partial charge in [-0.2, -0.15) is 0 Å². The minimum atomic E-state index is 0.915. The average Bonchev–Trinajstić information content (AvgIpc) is 1.83. The van der Waals surface area contributed by atoms with Gasteiger partial charge in [0.1, 0.15) is 0 Å². The highest BCUT2D eigenvalue weighted by Gasteiger charge is 1.75. The molecule has 0 saturated heterocycles. The van der Waals surface area contributed by atoms with E-state index in [2.05, 4.69) is 19.7 Å². The fourth-order valence-electron chi connectivity index (χ4n) is 0.317. The van der Waals surface area contributed by atoms with Gasteiger partial charge in [-0.05, 0) is 12.5 Å². The van der Waals surface area contributed by atoms with Gasteiger partial charge >= 0.3 is 0 Å². The van der Waals surface area contributed by atoms with E-state index in [0.29, 0.717) is 0 Å². The molecule has 0 aromatic heterocycles. The molecule has 0 unspecified atom stereocenters. The third kappa shape index (κ3) is 4.82. The van der Waals surface area contributed by atoms with Crippen molar-refractivity contribution in [3.8, 4) is 0 Å². The fourth-order valence-corrected chi connectivity index (χ4v) is 0.317. The van der Waals surface area contributed by atoms with Crippen molar-refractivity contribution in [1.29, 1.82) is 0 Å². The van der Waals surface area contributed by atoms with Crippen molar-refractivity contribution in [3.05, 3.63) is 49.1 Å². The molecular formula is C9H12. The molecule has 0 heterocycles. The molecule has 48 valence electrons. The summed E-state index contributed by atoms with van der Waals surface area (Å²) in [5.74, 6) is 0. The Hall–Kier alpha value is -1.04. The molecule has 0 aromatic rings. The van der Waals surface area contributed by atoms with Gasteiger partial charge in [0.2, 0.25) is 0 Å². The molecule has 0 aliphatic rings. The Bertz CT molecular complexity index is 159. The Kier molecular flexibility index (Phi) is 3.45. The van der Waals surface area contributed by atoms with Gasteiger partial charge in [0.05, 0.1) is 0 Å². The van der Waals surface area contributed by atoms with Crippen LogP contribution in [-0.4, -0.2) is 0 Å². The maximum atomic E-state index is 3.70. The van der Waals surface area contributed by atoms with Crippen LogP contribution in [0.3, 0.4) is 0 Å². The largest absolute Gasteiger partial charge is 0.0985 e. The third-order valence-electron chi connectivity index (χ3n) is 0.844. The van der Waals surface area contributed by atoms with E-state index in [4.69, 9.17) is 0 Å². The highest BCUT2D eigenvalue weighted by atomic mass is 13.8. The van der Waals surface area contributed by atoms with Gasteiger partial charge in [0.15, 0.2) is 0 Å². The second-order valence-corrected chi connectivity index (χ2v) is 1.96. The maximum absolute atomic E-state index is 3.70. The quantitative estimate of drug-likeness (QED) is 0.502. The van der Waals surface area contributed by atoms with Gasteiger partial charge in [-0.1, -0.05) is 43.5 Å². The highest BCUT2D eigenvalue weighted by molar-refractivity contribution is 5.29. The number of hydrogen-bond acceptors (Lipinski definition) is 0. The number of allylic oxidation sites excluding steroid dienone is 5. The molecule has 0 radical (unpaired) electrons. The van der Waals surface area contributed by atoms with Gasteiger partial charge in [-0.15, -0.1) is 0 Å². The molecule has 0 atom stereocenters. The zero-order valence-electron chi connectivity index (χ0n) is 5.85. The van der Waals surface area contributed by atoms with Crippen LogP contribution in [0, 0.1) is 0 Å². The summed E-state index contributed by atoms with van der Waals surface area (Å²) < 4.78 is 0. The summed E-state index contributed by atoms with van der Waals surface area (Å²) in [6.07, 6.45) is 5.50. The smallest absolute Gasteiger partial charge is 0.0335 e. The van der Waals surface area contributed by atoms with Crippen LogP contribution in [0.15, 0.2) is 49.1 Å². The summed E-state index contributed by atoms with van der Waals surface area (Å²) in [4.78, 5) is 0. The lowest BCUT2D eigenvalue weighted by Crippen LogP contribution is -1.65. The number of hydrogen-bond donors (Lipinski definition) is 0. The van der Waals surface area contributed by atoms with Crippen molar-refractivity contribution < 1.29 is 0 Å². The van der Waals surface area contributed by atoms with Crippen LogP contribution in [0.25, 0.3) is 0 Å². The van der Waals surface area contributed by atoms with E-state index in [1.807, 2.05) is 19.1 Å². The lowest BCUT2D eigenvalue weighted by molar-refractivity contribution is 1.55. The van der Waals surface area contributed by atoms with Crippen LogP contribution in [0.2, 0.25) is 0 Å². The normalized spacial score (nSPS) is 9.44. The average molecular weight is 120 g/mol. The van der Waals surface area contributed by atoms with Crippen molar-refractivity contribution in [3.63, 3.8) is 0 Å². The number of rotatable bonds is 3. The van der Waals surface area contributed by atoms with Crippen molar-refractivity contribution in [1.82, 2.24) is 0 Å². The Labute approximate surface area is 56.9 Å². The molecule has 0 aromatic carbocycles. The van der Waals surface area contributed by atoms with Gasteiger partial charge in [-0.25, -0.2) is 0 Å². The summed E-state index contributed by atoms with van der Waals surface area (Å²) in [5.41, 5.74) is 1.94. The van der Waals surface area contributed by atoms with E-state index in [1.54, 1.807) is 6.08 Å². The summed E-state index contributed by atoms with van der Waals surface area (Å²) in [7, 11) is 0. The monoisotopic (exact) mass is 120 g/mol. The Morgan fingerprint density at radius 3 is 2.11 bits per heavy atom. The fraction of sp³-hybridized carbons (Fsp3) is 0.111. The first-order valence-corrected chi connectivity index (χ1v) is 2.81. The van der Waals surface area contributed by atoms with Gasteiger partial charge < -0.3 is 0 Å². The zero-order chi connectivity index (χ0) is 7.28. The summed E-state index contributed by atoms with van der Waals surface area (Å²) in [5, 5.41) is 0. The lowest BCUT2D eigenvalue weighted by Gasteiger charge is -1.85. The SMILES string of the molecule is C=CC(=C)C=CC(=C)C. The van der Waals surface area contributed by atoms with E-state index < -0.39 is 0 Å². The van der Waals surface area contributed by atoms with E-state index in [0.717, 1.165) is 11.1 Å². The van der Waals surface area contributed by atoms with Gasteiger partial charge in [0.25, 0.3) is 0 Å². The standard InChI is InChI=1S/C9H12/c1-5-9(4)7-6-8(2)3/h5-7H,1-2,4H2,3H3. The molecule has 0 aliphatic heterocycles. The maximum Gasteiger partial charge on any atom is -0.0335 e. The van der Waals surface area contributed by atoms with E-state index in [1.165, 1.54) is 0 Å². The molecule has 0 fully saturated rings. The minimum absolute atomic E-state index is 0.915. The van der Waals surface area contributed by atoms with Crippen LogP contribution in [0.5, 0.6) is 0 Å². The van der Waals surface area contributed by atoms with Crippen LogP contribution in [0.1, 0.15) is 6.92 Å². The van der Waals surface area contributed by atoms with E-state index in [9.17, 15) is 0 Å². The lowest BCUT2D eigenvalue weighted by atomic mass is 10.2. The molecule has 0 nitrogen and oxygen atoms in total. The van der Waals surface area contributed by atoms with Crippen LogP contribution < -0.4 is 0 Å². The molecule has 0 N–H and O–H groups in total. The third-order valence-corrected chi connectivity index (χ3v) is 0.844. The highest BCUT2D eigenvalue weighted by Crippen LogP contribution is 1.96. The first kappa shape index (κ1) is 7.96. The zero-order valence-corrected chi connectivity index (χ0v) is 5.85. The van der Waals surface area contributed by atoms with E-state index >= 15 is 0 Å². The summed E-state index contributed by atoms with van der Waals surface area (Å²) >= 11 is 0. The second-order valence-electron chi connectivity index (χ2n) is 1.96. The molecule has 0 bridgehead atoms. The van der Waals surface area contributed by atoms with Crippen molar-refractivity contribution in [2.45, 2.75) is 6.92 Å². The van der Waals surface area contributed by atoms with Crippen molar-refractivity contribution in [2.24, 2.45) is 0 Å². The Morgan fingerprint density at radius 2 is 1.78 bits per heavy atom. The molecular weight excluding hydrogens is 108 g/mol. The second kappa shape index (κ2) is 3.90. The van der Waals surface area contributed by atoms with Gasteiger partial charge in [0, 0.05) is 0 Å². The first-order chi connectivity index (χ1) is 4.16.